The number of aryl methyl sites for hydroxylation is 1. The number of hydrogen-bond donors (Lipinski definition) is 0. The van der Waals surface area contributed by atoms with Gasteiger partial charge in [0, 0.05) is 24.8 Å². The van der Waals surface area contributed by atoms with Gasteiger partial charge >= 0.3 is 0 Å². The van der Waals surface area contributed by atoms with Crippen molar-refractivity contribution >= 4 is 5.69 Å². The van der Waals surface area contributed by atoms with E-state index in [9.17, 15) is 0 Å². The Morgan fingerprint density at radius 2 is 1.79 bits per heavy atom. The predicted molar refractivity (Wildman–Crippen MR) is 86.7 cm³/mol. The summed E-state index contributed by atoms with van der Waals surface area (Å²) in [5.41, 5.74) is 4.24. The summed E-state index contributed by atoms with van der Waals surface area (Å²) in [4.78, 5) is 2.36. The largest absolute Gasteiger partial charge is 0.496 e. The Morgan fingerprint density at radius 1 is 1.16 bits per heavy atom. The lowest BCUT2D eigenvalue weighted by Gasteiger charge is -2.31. The zero-order valence-electron chi connectivity index (χ0n) is 13.8. The smallest absolute Gasteiger partial charge is 0.124 e. The second-order valence-electron chi connectivity index (χ2n) is 4.13. The van der Waals surface area contributed by atoms with Crippen LogP contribution < -0.4 is 9.64 Å². The van der Waals surface area contributed by atoms with Crippen LogP contribution in [0.4, 0.5) is 5.69 Å². The number of anilines is 1. The molecule has 1 aromatic rings. The Hall–Kier alpha value is -1.18. The number of ether oxygens (including phenoxy) is 1. The van der Waals surface area contributed by atoms with Crippen molar-refractivity contribution in [1.29, 1.82) is 0 Å². The highest BCUT2D eigenvalue weighted by Gasteiger charge is 2.20. The van der Waals surface area contributed by atoms with Crippen molar-refractivity contribution in [3.05, 3.63) is 23.3 Å². The van der Waals surface area contributed by atoms with Crippen LogP contribution in [0.2, 0.25) is 0 Å². The lowest BCUT2D eigenvalue weighted by Crippen LogP contribution is -2.26. The first-order valence-electron chi connectivity index (χ1n) is 7.67. The topological polar surface area (TPSA) is 12.5 Å². The predicted octanol–water partition coefficient (Wildman–Crippen LogP) is 4.69. The van der Waals surface area contributed by atoms with Crippen molar-refractivity contribution in [1.82, 2.24) is 0 Å². The summed E-state index contributed by atoms with van der Waals surface area (Å²) in [6.07, 6.45) is 3.47. The molecule has 0 amide bonds. The maximum absolute atomic E-state index is 5.43. The van der Waals surface area contributed by atoms with E-state index in [4.69, 9.17) is 4.74 Å². The van der Waals surface area contributed by atoms with E-state index < -0.39 is 0 Å². The first-order chi connectivity index (χ1) is 9.27. The van der Waals surface area contributed by atoms with Gasteiger partial charge in [-0.15, -0.1) is 0 Å². The zero-order valence-corrected chi connectivity index (χ0v) is 13.8. The van der Waals surface area contributed by atoms with Crippen molar-refractivity contribution in [2.75, 3.05) is 25.6 Å². The van der Waals surface area contributed by atoms with Crippen LogP contribution in [-0.2, 0) is 12.8 Å². The fourth-order valence-corrected chi connectivity index (χ4v) is 2.46. The molecule has 0 aliphatic carbocycles. The Balaban J connectivity index is 0.000000741. The maximum atomic E-state index is 5.43. The van der Waals surface area contributed by atoms with E-state index in [1.54, 1.807) is 7.11 Å². The fourth-order valence-electron chi connectivity index (χ4n) is 2.46. The van der Waals surface area contributed by atoms with Gasteiger partial charge in [0.2, 0.25) is 0 Å². The van der Waals surface area contributed by atoms with E-state index in [2.05, 4.69) is 31.0 Å². The van der Waals surface area contributed by atoms with Gasteiger partial charge in [0.15, 0.2) is 0 Å². The molecule has 0 saturated heterocycles. The molecule has 1 aliphatic heterocycles. The summed E-state index contributed by atoms with van der Waals surface area (Å²) >= 11 is 0. The third-order valence-electron chi connectivity index (χ3n) is 3.23. The Bertz CT molecular complexity index is 361. The number of methoxy groups -OCH3 is 1. The van der Waals surface area contributed by atoms with Gasteiger partial charge in [-0.1, -0.05) is 40.7 Å². The third kappa shape index (κ3) is 4.15. The van der Waals surface area contributed by atoms with Crippen LogP contribution in [-0.4, -0.2) is 20.7 Å². The van der Waals surface area contributed by atoms with Crippen molar-refractivity contribution in [3.63, 3.8) is 0 Å². The summed E-state index contributed by atoms with van der Waals surface area (Å²) in [5.74, 6) is 1.05. The summed E-state index contributed by atoms with van der Waals surface area (Å²) in [6, 6.07) is 4.30. The van der Waals surface area contributed by atoms with Crippen LogP contribution in [0.15, 0.2) is 12.1 Å². The SMILES string of the molecule is CC.CC.CCc1ccc(OC)c2c1N(C)CCC2. The molecule has 0 radical (unpaired) electrons. The molecule has 0 unspecified atom stereocenters. The van der Waals surface area contributed by atoms with Crippen LogP contribution in [0.1, 0.15) is 52.2 Å². The van der Waals surface area contributed by atoms with Crippen LogP contribution in [0.5, 0.6) is 5.75 Å². The molecule has 0 fully saturated rings. The van der Waals surface area contributed by atoms with Crippen molar-refractivity contribution in [2.24, 2.45) is 0 Å². The van der Waals surface area contributed by atoms with Gasteiger partial charge in [0.05, 0.1) is 7.11 Å². The van der Waals surface area contributed by atoms with E-state index in [1.807, 2.05) is 27.7 Å². The number of benzene rings is 1. The van der Waals surface area contributed by atoms with Crippen molar-refractivity contribution in [3.8, 4) is 5.75 Å². The summed E-state index contributed by atoms with van der Waals surface area (Å²) < 4.78 is 5.43. The van der Waals surface area contributed by atoms with Crippen molar-refractivity contribution in [2.45, 2.75) is 53.9 Å². The molecule has 19 heavy (non-hydrogen) atoms. The monoisotopic (exact) mass is 265 g/mol. The Kier molecular flexibility index (Phi) is 9.11. The van der Waals surface area contributed by atoms with Crippen LogP contribution in [0.25, 0.3) is 0 Å². The van der Waals surface area contributed by atoms with Crippen LogP contribution >= 0.6 is 0 Å². The van der Waals surface area contributed by atoms with E-state index in [1.165, 1.54) is 23.2 Å². The van der Waals surface area contributed by atoms with E-state index in [0.29, 0.717) is 0 Å². The highest BCUT2D eigenvalue weighted by Crippen LogP contribution is 2.36. The molecule has 2 heteroatoms. The third-order valence-corrected chi connectivity index (χ3v) is 3.23. The molecule has 2 nitrogen and oxygen atoms in total. The van der Waals surface area contributed by atoms with E-state index in [0.717, 1.165) is 25.1 Å². The summed E-state index contributed by atoms with van der Waals surface area (Å²) in [7, 11) is 3.94. The molecule has 0 atom stereocenters. The molecule has 0 aromatic heterocycles. The molecule has 0 bridgehead atoms. The van der Waals surface area contributed by atoms with E-state index >= 15 is 0 Å². The number of hydrogen-bond acceptors (Lipinski definition) is 2. The quantitative estimate of drug-likeness (QED) is 0.769. The second-order valence-corrected chi connectivity index (χ2v) is 4.13. The van der Waals surface area contributed by atoms with Gasteiger partial charge in [-0.3, -0.25) is 0 Å². The molecule has 2 rings (SSSR count). The highest BCUT2D eigenvalue weighted by molar-refractivity contribution is 5.65. The average Bonchev–Trinajstić information content (AvgIpc) is 2.50. The van der Waals surface area contributed by atoms with Gasteiger partial charge in [-0.05, 0) is 30.9 Å². The van der Waals surface area contributed by atoms with Crippen LogP contribution in [0, 0.1) is 0 Å². The van der Waals surface area contributed by atoms with Crippen LogP contribution in [0.3, 0.4) is 0 Å². The van der Waals surface area contributed by atoms with Gasteiger partial charge in [0.1, 0.15) is 5.75 Å². The minimum atomic E-state index is 1.05. The second kappa shape index (κ2) is 9.71. The molecular formula is C17H31NO. The summed E-state index contributed by atoms with van der Waals surface area (Å²) in [5, 5.41) is 0. The maximum Gasteiger partial charge on any atom is 0.124 e. The zero-order chi connectivity index (χ0) is 14.8. The lowest BCUT2D eigenvalue weighted by atomic mass is 9.96. The summed E-state index contributed by atoms with van der Waals surface area (Å²) in [6.45, 7) is 11.4. The normalized spacial score (nSPS) is 12.5. The molecule has 0 spiro atoms. The highest BCUT2D eigenvalue weighted by atomic mass is 16.5. The molecule has 1 aliphatic rings. The average molecular weight is 265 g/mol. The molecule has 110 valence electrons. The van der Waals surface area contributed by atoms with Gasteiger partial charge in [-0.2, -0.15) is 0 Å². The number of rotatable bonds is 2. The Morgan fingerprint density at radius 3 is 2.32 bits per heavy atom. The molecule has 0 saturated carbocycles. The fraction of sp³-hybridized carbons (Fsp3) is 0.647. The first-order valence-corrected chi connectivity index (χ1v) is 7.67. The molecular weight excluding hydrogens is 234 g/mol. The van der Waals surface area contributed by atoms with Gasteiger partial charge < -0.3 is 9.64 Å². The Labute approximate surface area is 119 Å². The first kappa shape index (κ1) is 17.8. The minimum Gasteiger partial charge on any atom is -0.496 e. The minimum absolute atomic E-state index is 1.05. The number of nitrogens with zero attached hydrogens (tertiary/aromatic N) is 1. The number of fused-ring (bicyclic) bond motifs is 1. The molecule has 0 N–H and O–H groups in total. The van der Waals surface area contributed by atoms with Gasteiger partial charge in [-0.25, -0.2) is 0 Å². The standard InChI is InChI=1S/C13H19NO.2C2H6/c1-4-10-7-8-12(15-3)11-6-5-9-14(2)13(10)11;2*1-2/h7-8H,4-6,9H2,1-3H3;2*1-2H3. The van der Waals surface area contributed by atoms with Crippen molar-refractivity contribution < 1.29 is 4.74 Å². The lowest BCUT2D eigenvalue weighted by molar-refractivity contribution is 0.408. The molecule has 1 heterocycles. The van der Waals surface area contributed by atoms with E-state index in [-0.39, 0.29) is 0 Å². The molecule has 1 aromatic carbocycles. The van der Waals surface area contributed by atoms with Gasteiger partial charge in [0.25, 0.3) is 0 Å².